The van der Waals surface area contributed by atoms with E-state index in [4.69, 9.17) is 10.8 Å². The number of nitrogens with zero attached hydrogens (tertiary/aromatic N) is 1. The summed E-state index contributed by atoms with van der Waals surface area (Å²) < 4.78 is 24.9. The van der Waals surface area contributed by atoms with Gasteiger partial charge in [-0.1, -0.05) is 0 Å². The lowest BCUT2D eigenvalue weighted by Gasteiger charge is -2.09. The number of aliphatic hydroxyl groups excluding tert-OH is 1. The lowest BCUT2D eigenvalue weighted by molar-refractivity contribution is 0.149. The van der Waals surface area contributed by atoms with E-state index >= 15 is 0 Å². The van der Waals surface area contributed by atoms with E-state index in [1.165, 1.54) is 6.07 Å². The van der Waals surface area contributed by atoms with Crippen molar-refractivity contribution in [1.29, 1.82) is 0 Å². The summed E-state index contributed by atoms with van der Waals surface area (Å²) in [6.45, 7) is -0.232. The van der Waals surface area contributed by atoms with Gasteiger partial charge in [-0.05, 0) is 27.6 Å². The van der Waals surface area contributed by atoms with Crippen molar-refractivity contribution in [2.45, 2.75) is 19.6 Å². The van der Waals surface area contributed by atoms with Crippen LogP contribution in [0.3, 0.4) is 0 Å². The van der Waals surface area contributed by atoms with Crippen LogP contribution >= 0.6 is 15.9 Å². The molecule has 0 radical (unpaired) electrons. The summed E-state index contributed by atoms with van der Waals surface area (Å²) in [7, 11) is 0. The van der Waals surface area contributed by atoms with Crippen LogP contribution in [0.1, 0.15) is 23.2 Å². The predicted molar refractivity (Wildman–Crippen MR) is 50.7 cm³/mol. The maximum absolute atomic E-state index is 12.4. The van der Waals surface area contributed by atoms with Crippen LogP contribution in [0.25, 0.3) is 0 Å². The van der Waals surface area contributed by atoms with E-state index in [2.05, 4.69) is 20.9 Å². The second-order valence-electron chi connectivity index (χ2n) is 2.64. The van der Waals surface area contributed by atoms with Crippen molar-refractivity contribution >= 4 is 15.9 Å². The molecule has 0 unspecified atom stereocenters. The van der Waals surface area contributed by atoms with Gasteiger partial charge in [-0.3, -0.25) is 0 Å². The van der Waals surface area contributed by atoms with E-state index in [0.717, 1.165) is 0 Å². The molecule has 3 N–H and O–H groups in total. The normalized spacial score (nSPS) is 11.0. The molecule has 0 saturated heterocycles. The van der Waals surface area contributed by atoms with Gasteiger partial charge in [0.25, 0.3) is 6.43 Å². The molecule has 0 aromatic carbocycles. The summed E-state index contributed by atoms with van der Waals surface area (Å²) in [6.07, 6.45) is -2.60. The third kappa shape index (κ3) is 2.26. The number of aromatic nitrogens is 1. The Morgan fingerprint density at radius 2 is 2.21 bits per heavy atom. The third-order valence-electron chi connectivity index (χ3n) is 1.78. The molecule has 1 aromatic heterocycles. The fraction of sp³-hybridized carbons (Fsp3) is 0.375. The Hall–Kier alpha value is -0.590. The zero-order chi connectivity index (χ0) is 10.7. The predicted octanol–water partition coefficient (Wildman–Crippen LogP) is 1.73. The summed E-state index contributed by atoms with van der Waals surface area (Å²) in [4.78, 5) is 3.79. The standard InChI is InChI=1S/C8H9BrF2N2O/c9-7-5(8(10)11)1-4(2-12)6(3-14)13-7/h1,8,14H,2-3,12H2. The summed E-state index contributed by atoms with van der Waals surface area (Å²) in [5.74, 6) is 0. The average molecular weight is 267 g/mol. The zero-order valence-electron chi connectivity index (χ0n) is 7.17. The monoisotopic (exact) mass is 266 g/mol. The molecule has 1 rings (SSSR count). The summed E-state index contributed by atoms with van der Waals surface area (Å²) in [6, 6.07) is 1.26. The van der Waals surface area contributed by atoms with Crippen LogP contribution in [0.2, 0.25) is 0 Å². The lowest BCUT2D eigenvalue weighted by atomic mass is 10.1. The van der Waals surface area contributed by atoms with Gasteiger partial charge in [-0.25, -0.2) is 13.8 Å². The highest BCUT2D eigenvalue weighted by Gasteiger charge is 2.15. The van der Waals surface area contributed by atoms with Crippen molar-refractivity contribution in [1.82, 2.24) is 4.98 Å². The minimum atomic E-state index is -2.60. The van der Waals surface area contributed by atoms with Gasteiger partial charge in [-0.15, -0.1) is 0 Å². The number of hydrogen-bond donors (Lipinski definition) is 2. The summed E-state index contributed by atoms with van der Waals surface area (Å²) in [5, 5.41) is 8.88. The van der Waals surface area contributed by atoms with E-state index in [9.17, 15) is 8.78 Å². The molecule has 0 bridgehead atoms. The van der Waals surface area contributed by atoms with Crippen molar-refractivity contribution in [3.05, 3.63) is 27.5 Å². The first kappa shape index (κ1) is 11.5. The van der Waals surface area contributed by atoms with Crippen LogP contribution < -0.4 is 5.73 Å². The first-order chi connectivity index (χ1) is 6.60. The number of halogens is 3. The van der Waals surface area contributed by atoms with Crippen LogP contribution in [0.15, 0.2) is 10.7 Å². The molecule has 1 heterocycles. The minimum Gasteiger partial charge on any atom is -0.390 e. The Bertz CT molecular complexity index is 333. The fourth-order valence-corrected chi connectivity index (χ4v) is 1.55. The lowest BCUT2D eigenvalue weighted by Crippen LogP contribution is -2.06. The first-order valence-corrected chi connectivity index (χ1v) is 4.66. The molecular formula is C8H9BrF2N2O. The molecule has 0 aliphatic carbocycles. The number of hydrogen-bond acceptors (Lipinski definition) is 3. The highest BCUT2D eigenvalue weighted by atomic mass is 79.9. The molecule has 0 spiro atoms. The summed E-state index contributed by atoms with van der Waals surface area (Å²) in [5.41, 5.74) is 5.89. The Morgan fingerprint density at radius 3 is 2.64 bits per heavy atom. The highest BCUT2D eigenvalue weighted by Crippen LogP contribution is 2.27. The largest absolute Gasteiger partial charge is 0.390 e. The first-order valence-electron chi connectivity index (χ1n) is 3.87. The molecule has 3 nitrogen and oxygen atoms in total. The van der Waals surface area contributed by atoms with E-state index < -0.39 is 6.43 Å². The van der Waals surface area contributed by atoms with Crippen LogP contribution in [0, 0.1) is 0 Å². The number of aliphatic hydroxyl groups is 1. The minimum absolute atomic E-state index is 0.0498. The quantitative estimate of drug-likeness (QED) is 0.820. The second kappa shape index (κ2) is 4.77. The van der Waals surface area contributed by atoms with Crippen molar-refractivity contribution in [2.75, 3.05) is 0 Å². The van der Waals surface area contributed by atoms with Gasteiger partial charge in [0, 0.05) is 6.54 Å². The van der Waals surface area contributed by atoms with Crippen LogP contribution in [0.4, 0.5) is 8.78 Å². The van der Waals surface area contributed by atoms with Gasteiger partial charge in [0.2, 0.25) is 0 Å². The van der Waals surface area contributed by atoms with Crippen LogP contribution in [-0.4, -0.2) is 10.1 Å². The summed E-state index contributed by atoms with van der Waals surface area (Å²) >= 11 is 2.91. The number of pyridine rings is 1. The molecule has 0 atom stereocenters. The van der Waals surface area contributed by atoms with E-state index in [1.54, 1.807) is 0 Å². The molecule has 0 aliphatic heterocycles. The van der Waals surface area contributed by atoms with Gasteiger partial charge in [0.05, 0.1) is 17.9 Å². The Kier molecular flexibility index (Phi) is 3.91. The van der Waals surface area contributed by atoms with Gasteiger partial charge < -0.3 is 10.8 Å². The molecule has 0 amide bonds. The molecule has 14 heavy (non-hydrogen) atoms. The topological polar surface area (TPSA) is 59.1 Å². The van der Waals surface area contributed by atoms with Crippen LogP contribution in [0.5, 0.6) is 0 Å². The van der Waals surface area contributed by atoms with Crippen molar-refractivity contribution in [2.24, 2.45) is 5.73 Å². The van der Waals surface area contributed by atoms with Gasteiger partial charge in [-0.2, -0.15) is 0 Å². The highest BCUT2D eigenvalue weighted by molar-refractivity contribution is 9.10. The molecule has 6 heteroatoms. The molecule has 0 fully saturated rings. The van der Waals surface area contributed by atoms with Gasteiger partial charge in [0.1, 0.15) is 4.60 Å². The SMILES string of the molecule is NCc1cc(C(F)F)c(Br)nc1CO. The van der Waals surface area contributed by atoms with Gasteiger partial charge in [0.15, 0.2) is 0 Å². The fourth-order valence-electron chi connectivity index (χ4n) is 1.05. The maximum atomic E-state index is 12.4. The Balaban J connectivity index is 3.23. The average Bonchev–Trinajstić information content (AvgIpc) is 2.16. The molecule has 78 valence electrons. The number of nitrogens with two attached hydrogens (primary N) is 1. The molecular weight excluding hydrogens is 258 g/mol. The third-order valence-corrected chi connectivity index (χ3v) is 2.41. The smallest absolute Gasteiger partial charge is 0.266 e. The van der Waals surface area contributed by atoms with Crippen molar-refractivity contribution in [3.8, 4) is 0 Å². The van der Waals surface area contributed by atoms with Crippen molar-refractivity contribution < 1.29 is 13.9 Å². The Labute approximate surface area is 88.1 Å². The maximum Gasteiger partial charge on any atom is 0.266 e. The van der Waals surface area contributed by atoms with E-state index in [-0.39, 0.29) is 23.3 Å². The Morgan fingerprint density at radius 1 is 1.57 bits per heavy atom. The van der Waals surface area contributed by atoms with E-state index in [0.29, 0.717) is 11.3 Å². The number of rotatable bonds is 3. The van der Waals surface area contributed by atoms with Gasteiger partial charge >= 0.3 is 0 Å². The zero-order valence-corrected chi connectivity index (χ0v) is 8.76. The second-order valence-corrected chi connectivity index (χ2v) is 3.39. The molecule has 0 saturated carbocycles. The molecule has 0 aliphatic rings. The number of alkyl halides is 2. The van der Waals surface area contributed by atoms with Crippen molar-refractivity contribution in [3.63, 3.8) is 0 Å². The molecule has 1 aromatic rings. The van der Waals surface area contributed by atoms with E-state index in [1.807, 2.05) is 0 Å². The van der Waals surface area contributed by atoms with Crippen LogP contribution in [-0.2, 0) is 13.2 Å².